The number of hydrogen-bond acceptors (Lipinski definition) is 0. The maximum absolute atomic E-state index is 2.96. The topological polar surface area (TPSA) is 9.86 Å². The van der Waals surface area contributed by atoms with E-state index in [4.69, 9.17) is 0 Å². The summed E-state index contributed by atoms with van der Waals surface area (Å²) in [5, 5.41) is 10.4. The molecule has 0 saturated carbocycles. The third-order valence-electron chi connectivity index (χ3n) is 16.7. The number of hydrogen-bond donors (Lipinski definition) is 0. The Kier molecular flexibility index (Phi) is 11.9. The Bertz CT molecular complexity index is 4580. The van der Waals surface area contributed by atoms with Gasteiger partial charge >= 0.3 is 0 Å². The highest BCUT2D eigenvalue weighted by molar-refractivity contribution is 7.20. The van der Waals surface area contributed by atoms with E-state index < -0.39 is 8.07 Å². The van der Waals surface area contributed by atoms with Crippen molar-refractivity contribution < 1.29 is 0 Å². The van der Waals surface area contributed by atoms with Crippen molar-refractivity contribution in [3.8, 4) is 67.0 Å². The van der Waals surface area contributed by atoms with E-state index in [2.05, 4.69) is 337 Å². The molecule has 0 unspecified atom stereocenters. The molecule has 0 bridgehead atoms. The molecule has 13 aromatic carbocycles. The zero-order chi connectivity index (χ0) is 53.7. The molecule has 15 aromatic rings. The SMILES string of the molecule is c1ccc(-c2cccc(-c3cccc(-c4cccc(-c5ccccc5)c4)c3-n3c4ccc(-n5c6ccccc6c6c([Si](c7ccccc7)(c7ccccc7)c7ccccc7)cccc65)cc4c4c(-c5ccccc5)cccc43)c2)cc1. The minimum Gasteiger partial charge on any atom is -0.309 e. The third kappa shape index (κ3) is 8.00. The largest absolute Gasteiger partial charge is 0.309 e. The Labute approximate surface area is 473 Å². The van der Waals surface area contributed by atoms with Crippen LogP contribution in [0.15, 0.2) is 328 Å². The lowest BCUT2D eigenvalue weighted by Gasteiger charge is -2.35. The van der Waals surface area contributed by atoms with E-state index >= 15 is 0 Å². The highest BCUT2D eigenvalue weighted by atomic mass is 28.3. The molecule has 2 heterocycles. The first-order chi connectivity index (χ1) is 40.2. The summed E-state index contributed by atoms with van der Waals surface area (Å²) < 4.78 is 5.10. The number of para-hydroxylation sites is 2. The fourth-order valence-electron chi connectivity index (χ4n) is 13.2. The molecule has 2 nitrogen and oxygen atoms in total. The molecular weight excluding hydrogens is 993 g/mol. The molecule has 0 aliphatic heterocycles. The normalized spacial score (nSPS) is 11.7. The summed E-state index contributed by atoms with van der Waals surface area (Å²) in [5.74, 6) is 0. The van der Waals surface area contributed by atoms with Crippen LogP contribution in [0.4, 0.5) is 0 Å². The van der Waals surface area contributed by atoms with Crippen molar-refractivity contribution in [2.24, 2.45) is 0 Å². The van der Waals surface area contributed by atoms with Crippen molar-refractivity contribution in [1.29, 1.82) is 0 Å². The number of rotatable bonds is 11. The van der Waals surface area contributed by atoms with Crippen molar-refractivity contribution in [2.75, 3.05) is 0 Å². The van der Waals surface area contributed by atoms with Crippen LogP contribution in [0.1, 0.15) is 0 Å². The molecular formula is C78H54N2Si. The van der Waals surface area contributed by atoms with Gasteiger partial charge in [0.15, 0.2) is 8.07 Å². The molecule has 0 saturated heterocycles. The summed E-state index contributed by atoms with van der Waals surface area (Å²) in [5.41, 5.74) is 18.6. The molecule has 380 valence electrons. The van der Waals surface area contributed by atoms with Gasteiger partial charge in [0.2, 0.25) is 0 Å². The van der Waals surface area contributed by atoms with E-state index in [0.717, 1.165) is 44.7 Å². The zero-order valence-electron chi connectivity index (χ0n) is 44.6. The Balaban J connectivity index is 1.03. The molecule has 0 aliphatic rings. The Morgan fingerprint density at radius 2 is 0.617 bits per heavy atom. The predicted octanol–water partition coefficient (Wildman–Crippen LogP) is 17.6. The van der Waals surface area contributed by atoms with Crippen molar-refractivity contribution in [1.82, 2.24) is 9.13 Å². The average molecular weight is 1050 g/mol. The van der Waals surface area contributed by atoms with Crippen molar-refractivity contribution in [3.05, 3.63) is 328 Å². The van der Waals surface area contributed by atoms with Crippen LogP contribution in [0.5, 0.6) is 0 Å². The monoisotopic (exact) mass is 1050 g/mol. The molecule has 0 fully saturated rings. The molecule has 3 heteroatoms. The van der Waals surface area contributed by atoms with Crippen molar-refractivity contribution in [3.63, 3.8) is 0 Å². The first kappa shape index (κ1) is 47.9. The lowest BCUT2D eigenvalue weighted by Crippen LogP contribution is -2.74. The molecule has 0 amide bonds. The second kappa shape index (κ2) is 20.2. The summed E-state index contributed by atoms with van der Waals surface area (Å²) in [7, 11) is -2.96. The second-order valence-corrected chi connectivity index (χ2v) is 24.9. The van der Waals surface area contributed by atoms with E-state index in [1.54, 1.807) is 0 Å². The highest BCUT2D eigenvalue weighted by Crippen LogP contribution is 2.46. The number of aromatic nitrogens is 2. The highest BCUT2D eigenvalue weighted by Gasteiger charge is 2.43. The summed E-state index contributed by atoms with van der Waals surface area (Å²) in [4.78, 5) is 0. The minimum atomic E-state index is -2.96. The molecule has 2 aromatic heterocycles. The van der Waals surface area contributed by atoms with Gasteiger partial charge in [-0.05, 0) is 114 Å². The van der Waals surface area contributed by atoms with Gasteiger partial charge in [0, 0.05) is 38.4 Å². The van der Waals surface area contributed by atoms with Gasteiger partial charge in [-0.2, -0.15) is 0 Å². The second-order valence-electron chi connectivity index (χ2n) is 21.1. The van der Waals surface area contributed by atoms with Gasteiger partial charge in [-0.3, -0.25) is 0 Å². The molecule has 81 heavy (non-hydrogen) atoms. The lowest BCUT2D eigenvalue weighted by atomic mass is 9.92. The first-order valence-electron chi connectivity index (χ1n) is 28.0. The van der Waals surface area contributed by atoms with Crippen LogP contribution in [0, 0.1) is 0 Å². The first-order valence-corrected chi connectivity index (χ1v) is 30.0. The van der Waals surface area contributed by atoms with Crippen LogP contribution in [0.2, 0.25) is 0 Å². The van der Waals surface area contributed by atoms with Gasteiger partial charge in [-0.25, -0.2) is 0 Å². The molecule has 0 N–H and O–H groups in total. The van der Waals surface area contributed by atoms with Gasteiger partial charge in [-0.1, -0.05) is 279 Å². The molecule has 0 spiro atoms. The molecule has 15 rings (SSSR count). The van der Waals surface area contributed by atoms with Crippen LogP contribution in [-0.2, 0) is 0 Å². The maximum Gasteiger partial charge on any atom is 0.180 e. The lowest BCUT2D eigenvalue weighted by molar-refractivity contribution is 1.17. The van der Waals surface area contributed by atoms with Crippen LogP contribution in [0.3, 0.4) is 0 Å². The van der Waals surface area contributed by atoms with Gasteiger partial charge in [0.05, 0.1) is 27.8 Å². The van der Waals surface area contributed by atoms with Gasteiger partial charge in [-0.15, -0.1) is 0 Å². The van der Waals surface area contributed by atoms with Crippen LogP contribution < -0.4 is 20.7 Å². The summed E-state index contributed by atoms with van der Waals surface area (Å²) >= 11 is 0. The van der Waals surface area contributed by atoms with E-state index in [1.165, 1.54) is 86.7 Å². The third-order valence-corrected chi connectivity index (χ3v) is 21.5. The number of fused-ring (bicyclic) bond motifs is 6. The number of nitrogens with zero attached hydrogens (tertiary/aromatic N) is 2. The summed E-state index contributed by atoms with van der Waals surface area (Å²) in [6.07, 6.45) is 0. The quantitative estimate of drug-likeness (QED) is 0.0902. The van der Waals surface area contributed by atoms with Crippen molar-refractivity contribution >= 4 is 72.4 Å². The Hall–Kier alpha value is -10.3. The zero-order valence-corrected chi connectivity index (χ0v) is 45.6. The summed E-state index contributed by atoms with van der Waals surface area (Å²) in [6, 6.07) is 122. The van der Waals surface area contributed by atoms with Crippen LogP contribution >= 0.6 is 0 Å². The standard InChI is InChI=1S/C78H54N2Si/c1-7-26-55(27-8-1)58-32-21-34-60(52-58)67-44-23-45-68(61-35-22-33-59(53-61)56-28-9-2-10-29-56)78(67)80-72-51-50-62(54-70(72)76-66(43-24-47-73(76)80)57-30-11-3-12-31-57)79-71-46-20-19-42-69(71)77-74(79)48-25-49-75(77)81(63-36-13-4-14-37-63,64-38-15-5-16-39-64)65-40-17-6-18-41-65/h1-54H. The van der Waals surface area contributed by atoms with Crippen LogP contribution in [0.25, 0.3) is 111 Å². The smallest absolute Gasteiger partial charge is 0.180 e. The van der Waals surface area contributed by atoms with E-state index in [9.17, 15) is 0 Å². The van der Waals surface area contributed by atoms with Crippen molar-refractivity contribution in [2.45, 2.75) is 0 Å². The minimum absolute atomic E-state index is 1.11. The molecule has 0 radical (unpaired) electrons. The van der Waals surface area contributed by atoms with Gasteiger partial charge in [0.1, 0.15) is 0 Å². The molecule has 0 atom stereocenters. The van der Waals surface area contributed by atoms with Gasteiger partial charge < -0.3 is 9.13 Å². The predicted molar refractivity (Wildman–Crippen MR) is 346 cm³/mol. The maximum atomic E-state index is 2.57. The van der Waals surface area contributed by atoms with Gasteiger partial charge in [0.25, 0.3) is 0 Å². The van der Waals surface area contributed by atoms with E-state index in [1.807, 2.05) is 0 Å². The number of benzene rings is 13. The fourth-order valence-corrected chi connectivity index (χ4v) is 18.2. The average Bonchev–Trinajstić information content (AvgIpc) is 4.30. The summed E-state index contributed by atoms with van der Waals surface area (Å²) in [6.45, 7) is 0. The molecule has 0 aliphatic carbocycles. The Morgan fingerprint density at radius 3 is 1.17 bits per heavy atom. The van der Waals surface area contributed by atoms with E-state index in [-0.39, 0.29) is 0 Å². The van der Waals surface area contributed by atoms with E-state index in [0.29, 0.717) is 0 Å². The van der Waals surface area contributed by atoms with Crippen LogP contribution in [-0.4, -0.2) is 17.2 Å². The Morgan fingerprint density at radius 1 is 0.222 bits per heavy atom. The fraction of sp³-hybridized carbons (Fsp3) is 0.